The Labute approximate surface area is 103 Å². The summed E-state index contributed by atoms with van der Waals surface area (Å²) in [6.45, 7) is 4.06. The third-order valence-corrected chi connectivity index (χ3v) is 3.34. The maximum atomic E-state index is 9.59. The van der Waals surface area contributed by atoms with Crippen LogP contribution in [0.25, 0.3) is 0 Å². The van der Waals surface area contributed by atoms with Gasteiger partial charge in [0.05, 0.1) is 11.9 Å². The van der Waals surface area contributed by atoms with Crippen LogP contribution in [-0.4, -0.2) is 36.3 Å². The average molecular weight is 319 g/mol. The third-order valence-electron chi connectivity index (χ3n) is 2.51. The summed E-state index contributed by atoms with van der Waals surface area (Å²) in [5, 5.41) is 12.9. The number of anilines is 1. The molecule has 1 saturated heterocycles. The third kappa shape index (κ3) is 2.72. The van der Waals surface area contributed by atoms with E-state index in [1.54, 1.807) is 6.07 Å². The van der Waals surface area contributed by atoms with E-state index in [1.165, 1.54) is 0 Å². The number of aromatic hydroxyl groups is 1. The maximum Gasteiger partial charge on any atom is 0.149 e. The molecule has 1 aliphatic rings. The molecular formula is C10H14IN3O. The molecule has 1 aromatic heterocycles. The summed E-state index contributed by atoms with van der Waals surface area (Å²) >= 11 is 2.03. The normalized spacial score (nSPS) is 17.5. The van der Waals surface area contributed by atoms with Crippen LogP contribution in [0.1, 0.15) is 6.42 Å². The molecule has 1 aliphatic heterocycles. The molecule has 0 atom stereocenters. The zero-order chi connectivity index (χ0) is 10.7. The molecule has 2 rings (SSSR count). The lowest BCUT2D eigenvalue weighted by Gasteiger charge is -2.21. The minimum atomic E-state index is 0.269. The molecule has 0 aliphatic carbocycles. The molecule has 15 heavy (non-hydrogen) atoms. The first-order valence-corrected chi connectivity index (χ1v) is 6.15. The Hall–Kier alpha value is -0.560. The van der Waals surface area contributed by atoms with Crippen molar-refractivity contribution in [3.8, 4) is 5.75 Å². The van der Waals surface area contributed by atoms with Gasteiger partial charge in [0.25, 0.3) is 0 Å². The van der Waals surface area contributed by atoms with E-state index >= 15 is 0 Å². The molecule has 0 unspecified atom stereocenters. The zero-order valence-corrected chi connectivity index (χ0v) is 10.6. The summed E-state index contributed by atoms with van der Waals surface area (Å²) in [4.78, 5) is 6.41. The molecule has 0 bridgehead atoms. The molecule has 0 aromatic carbocycles. The van der Waals surface area contributed by atoms with Crippen molar-refractivity contribution in [2.75, 3.05) is 31.1 Å². The molecule has 1 fully saturated rings. The Morgan fingerprint density at radius 1 is 1.40 bits per heavy atom. The summed E-state index contributed by atoms with van der Waals surface area (Å²) in [7, 11) is 0. The fourth-order valence-corrected chi connectivity index (χ4v) is 2.00. The van der Waals surface area contributed by atoms with Gasteiger partial charge in [0.2, 0.25) is 0 Å². The van der Waals surface area contributed by atoms with Crippen molar-refractivity contribution in [3.05, 3.63) is 16.0 Å². The van der Waals surface area contributed by atoms with E-state index in [-0.39, 0.29) is 5.75 Å². The predicted molar refractivity (Wildman–Crippen MR) is 68.3 cm³/mol. The van der Waals surface area contributed by atoms with Gasteiger partial charge in [-0.15, -0.1) is 0 Å². The molecule has 5 heteroatoms. The number of pyridine rings is 1. The first kappa shape index (κ1) is 10.9. The van der Waals surface area contributed by atoms with Gasteiger partial charge in [0.1, 0.15) is 9.45 Å². The van der Waals surface area contributed by atoms with E-state index in [0.29, 0.717) is 3.70 Å². The predicted octanol–water partition coefficient (Wildman–Crippen LogP) is 1.19. The number of nitrogens with zero attached hydrogens (tertiary/aromatic N) is 2. The fraction of sp³-hybridized carbons (Fsp3) is 0.500. The molecular weight excluding hydrogens is 305 g/mol. The topological polar surface area (TPSA) is 48.4 Å². The van der Waals surface area contributed by atoms with Crippen molar-refractivity contribution in [2.24, 2.45) is 0 Å². The van der Waals surface area contributed by atoms with E-state index in [2.05, 4.69) is 15.2 Å². The van der Waals surface area contributed by atoms with Crippen LogP contribution in [0, 0.1) is 3.70 Å². The monoisotopic (exact) mass is 319 g/mol. The first-order chi connectivity index (χ1) is 7.27. The molecule has 0 spiro atoms. The second-order valence-electron chi connectivity index (χ2n) is 3.59. The van der Waals surface area contributed by atoms with Gasteiger partial charge in [-0.05, 0) is 35.6 Å². The highest BCUT2D eigenvalue weighted by Crippen LogP contribution is 2.23. The van der Waals surface area contributed by atoms with E-state index in [4.69, 9.17) is 0 Å². The van der Waals surface area contributed by atoms with Crippen molar-refractivity contribution in [3.63, 3.8) is 0 Å². The van der Waals surface area contributed by atoms with Crippen LogP contribution in [-0.2, 0) is 0 Å². The largest absolute Gasteiger partial charge is 0.505 e. The van der Waals surface area contributed by atoms with Crippen molar-refractivity contribution < 1.29 is 5.11 Å². The molecule has 2 N–H and O–H groups in total. The van der Waals surface area contributed by atoms with Gasteiger partial charge >= 0.3 is 0 Å². The number of halogens is 1. The van der Waals surface area contributed by atoms with Gasteiger partial charge in [-0.25, -0.2) is 4.98 Å². The quantitative estimate of drug-likeness (QED) is 0.603. The van der Waals surface area contributed by atoms with Crippen LogP contribution < -0.4 is 10.2 Å². The molecule has 2 heterocycles. The maximum absolute atomic E-state index is 9.59. The van der Waals surface area contributed by atoms with Crippen LogP contribution in [0.15, 0.2) is 12.3 Å². The highest BCUT2D eigenvalue weighted by molar-refractivity contribution is 14.1. The second-order valence-corrected chi connectivity index (χ2v) is 4.62. The van der Waals surface area contributed by atoms with Gasteiger partial charge in [-0.3, -0.25) is 0 Å². The Morgan fingerprint density at radius 3 is 3.07 bits per heavy atom. The van der Waals surface area contributed by atoms with Gasteiger partial charge < -0.3 is 15.3 Å². The van der Waals surface area contributed by atoms with Gasteiger partial charge in [-0.2, -0.15) is 0 Å². The summed E-state index contributed by atoms with van der Waals surface area (Å²) in [6, 6.07) is 1.79. The van der Waals surface area contributed by atoms with Crippen molar-refractivity contribution in [1.82, 2.24) is 10.3 Å². The van der Waals surface area contributed by atoms with Crippen LogP contribution in [0.3, 0.4) is 0 Å². The van der Waals surface area contributed by atoms with E-state index in [0.717, 1.165) is 38.3 Å². The van der Waals surface area contributed by atoms with E-state index < -0.39 is 0 Å². The van der Waals surface area contributed by atoms with E-state index in [1.807, 2.05) is 28.8 Å². The lowest BCUT2D eigenvalue weighted by Crippen LogP contribution is -2.27. The standard InChI is InChI=1S/C10H14IN3O/c11-10-9(15)6-8(7-13-10)14-4-1-2-12-3-5-14/h6-7,12,15H,1-5H2. The lowest BCUT2D eigenvalue weighted by molar-refractivity contribution is 0.468. The molecule has 0 amide bonds. The fourth-order valence-electron chi connectivity index (χ4n) is 1.70. The van der Waals surface area contributed by atoms with Crippen molar-refractivity contribution in [1.29, 1.82) is 0 Å². The average Bonchev–Trinajstić information content (AvgIpc) is 2.50. The SMILES string of the molecule is Oc1cc(N2CCCNCC2)cnc1I. The van der Waals surface area contributed by atoms with Crippen LogP contribution in [0.4, 0.5) is 5.69 Å². The van der Waals surface area contributed by atoms with Crippen LogP contribution in [0.5, 0.6) is 5.75 Å². The zero-order valence-electron chi connectivity index (χ0n) is 8.41. The summed E-state index contributed by atoms with van der Waals surface area (Å²) in [5.41, 5.74) is 1.01. The van der Waals surface area contributed by atoms with Crippen molar-refractivity contribution in [2.45, 2.75) is 6.42 Å². The van der Waals surface area contributed by atoms with Crippen molar-refractivity contribution >= 4 is 28.3 Å². The Balaban J connectivity index is 2.16. The summed E-state index contributed by atoms with van der Waals surface area (Å²) in [6.07, 6.45) is 2.96. The smallest absolute Gasteiger partial charge is 0.149 e. The molecule has 4 nitrogen and oxygen atoms in total. The number of hydrogen-bond donors (Lipinski definition) is 2. The highest BCUT2D eigenvalue weighted by atomic mass is 127. The Bertz CT molecular complexity index is 337. The first-order valence-electron chi connectivity index (χ1n) is 5.07. The molecule has 82 valence electrons. The number of hydrogen-bond acceptors (Lipinski definition) is 4. The summed E-state index contributed by atoms with van der Waals surface area (Å²) < 4.78 is 0.657. The minimum Gasteiger partial charge on any atom is -0.505 e. The number of rotatable bonds is 1. The molecule has 0 saturated carbocycles. The van der Waals surface area contributed by atoms with E-state index in [9.17, 15) is 5.11 Å². The van der Waals surface area contributed by atoms with Crippen LogP contribution in [0.2, 0.25) is 0 Å². The lowest BCUT2D eigenvalue weighted by atomic mass is 10.3. The highest BCUT2D eigenvalue weighted by Gasteiger charge is 2.11. The second kappa shape index (κ2) is 4.98. The van der Waals surface area contributed by atoms with Gasteiger partial charge in [0, 0.05) is 25.7 Å². The Kier molecular flexibility index (Phi) is 3.63. The summed E-state index contributed by atoms with van der Waals surface area (Å²) in [5.74, 6) is 0.269. The number of nitrogens with one attached hydrogen (secondary N) is 1. The molecule has 1 aromatic rings. The number of aromatic nitrogens is 1. The minimum absolute atomic E-state index is 0.269. The Morgan fingerprint density at radius 2 is 2.27 bits per heavy atom. The van der Waals surface area contributed by atoms with Crippen LogP contribution >= 0.6 is 22.6 Å². The molecule has 0 radical (unpaired) electrons. The van der Waals surface area contributed by atoms with Gasteiger partial charge in [0.15, 0.2) is 0 Å². The van der Waals surface area contributed by atoms with Gasteiger partial charge in [-0.1, -0.05) is 0 Å².